The number of amides is 1. The third kappa shape index (κ3) is 4.08. The topological polar surface area (TPSA) is 66.0 Å². The monoisotopic (exact) mass is 355 g/mol. The first-order chi connectivity index (χ1) is 12.7. The Bertz CT molecular complexity index is 803. The van der Waals surface area contributed by atoms with Crippen molar-refractivity contribution in [2.75, 3.05) is 27.4 Å². The summed E-state index contributed by atoms with van der Waals surface area (Å²) < 4.78 is 22.0. The fourth-order valence-electron chi connectivity index (χ4n) is 2.65. The van der Waals surface area contributed by atoms with Crippen LogP contribution in [0.3, 0.4) is 0 Å². The van der Waals surface area contributed by atoms with Crippen molar-refractivity contribution in [2.24, 2.45) is 0 Å². The Morgan fingerprint density at radius 1 is 1.15 bits per heavy atom. The molecule has 0 saturated heterocycles. The maximum absolute atomic E-state index is 12.1. The average molecular weight is 355 g/mol. The maximum Gasteiger partial charge on any atom is 0.244 e. The number of ether oxygens (including phenoxy) is 4. The molecule has 0 aliphatic carbocycles. The number of benzene rings is 2. The first kappa shape index (κ1) is 17.7. The van der Waals surface area contributed by atoms with E-state index in [0.29, 0.717) is 30.4 Å². The Hall–Kier alpha value is -3.15. The molecule has 26 heavy (non-hydrogen) atoms. The largest absolute Gasteiger partial charge is 0.493 e. The molecule has 1 aliphatic heterocycles. The molecule has 0 aromatic heterocycles. The van der Waals surface area contributed by atoms with E-state index in [1.165, 1.54) is 6.08 Å². The second kappa shape index (κ2) is 8.29. The Kier molecular flexibility index (Phi) is 5.63. The van der Waals surface area contributed by atoms with E-state index in [1.807, 2.05) is 36.4 Å². The first-order valence-corrected chi connectivity index (χ1v) is 8.26. The zero-order valence-corrected chi connectivity index (χ0v) is 14.7. The van der Waals surface area contributed by atoms with Gasteiger partial charge in [0.05, 0.1) is 20.8 Å². The van der Waals surface area contributed by atoms with Crippen LogP contribution >= 0.6 is 0 Å². The standard InChI is InChI=1S/C20H21NO5/c1-23-18-9-5-6-14(20(18)24-2)10-11-19(22)21-12-15-13-25-16-7-3-4-8-17(16)26-15/h3-11,15H,12-13H2,1-2H3,(H,21,22)/b11-10+/t15-/m0/s1. The van der Waals surface area contributed by atoms with Gasteiger partial charge in [0, 0.05) is 11.6 Å². The molecule has 1 heterocycles. The van der Waals surface area contributed by atoms with Crippen molar-refractivity contribution in [1.82, 2.24) is 5.32 Å². The molecule has 6 heteroatoms. The van der Waals surface area contributed by atoms with Crippen molar-refractivity contribution >= 4 is 12.0 Å². The van der Waals surface area contributed by atoms with E-state index in [1.54, 1.807) is 26.4 Å². The van der Waals surface area contributed by atoms with Crippen LogP contribution in [0.15, 0.2) is 48.5 Å². The second-order valence-corrected chi connectivity index (χ2v) is 5.66. The number of methoxy groups -OCH3 is 2. The van der Waals surface area contributed by atoms with Crippen molar-refractivity contribution in [3.05, 3.63) is 54.1 Å². The number of fused-ring (bicyclic) bond motifs is 1. The highest BCUT2D eigenvalue weighted by molar-refractivity contribution is 5.92. The minimum absolute atomic E-state index is 0.225. The summed E-state index contributed by atoms with van der Waals surface area (Å²) in [4.78, 5) is 12.1. The van der Waals surface area contributed by atoms with Gasteiger partial charge in [0.15, 0.2) is 23.0 Å². The van der Waals surface area contributed by atoms with Crippen LogP contribution in [0, 0.1) is 0 Å². The molecule has 0 unspecified atom stereocenters. The van der Waals surface area contributed by atoms with Crippen LogP contribution in [0.4, 0.5) is 0 Å². The predicted octanol–water partition coefficient (Wildman–Crippen LogP) is 2.67. The molecule has 1 N–H and O–H groups in total. The summed E-state index contributed by atoms with van der Waals surface area (Å²) in [7, 11) is 3.13. The lowest BCUT2D eigenvalue weighted by Crippen LogP contribution is -2.40. The lowest BCUT2D eigenvalue weighted by atomic mass is 10.1. The molecular weight excluding hydrogens is 334 g/mol. The quantitative estimate of drug-likeness (QED) is 0.807. The molecule has 0 bridgehead atoms. The summed E-state index contributed by atoms with van der Waals surface area (Å²) >= 11 is 0. The van der Waals surface area contributed by atoms with Gasteiger partial charge in [0.1, 0.15) is 12.7 Å². The molecule has 2 aromatic rings. The van der Waals surface area contributed by atoms with Crippen LogP contribution in [0.25, 0.3) is 6.08 Å². The highest BCUT2D eigenvalue weighted by Crippen LogP contribution is 2.32. The summed E-state index contributed by atoms with van der Waals surface area (Å²) in [5.41, 5.74) is 0.758. The van der Waals surface area contributed by atoms with Crippen LogP contribution < -0.4 is 24.3 Å². The zero-order valence-electron chi connectivity index (χ0n) is 14.7. The molecule has 0 spiro atoms. The number of para-hydroxylation sites is 3. The number of carbonyl (C=O) groups excluding carboxylic acids is 1. The first-order valence-electron chi connectivity index (χ1n) is 8.26. The molecular formula is C20H21NO5. The highest BCUT2D eigenvalue weighted by atomic mass is 16.6. The lowest BCUT2D eigenvalue weighted by molar-refractivity contribution is -0.116. The molecule has 1 atom stereocenters. The zero-order chi connectivity index (χ0) is 18.4. The summed E-state index contributed by atoms with van der Waals surface area (Å²) in [6.07, 6.45) is 2.91. The number of nitrogens with one attached hydrogen (secondary N) is 1. The molecule has 6 nitrogen and oxygen atoms in total. The van der Waals surface area contributed by atoms with Crippen LogP contribution in [-0.4, -0.2) is 39.4 Å². The third-order valence-corrected chi connectivity index (χ3v) is 3.92. The molecule has 2 aromatic carbocycles. The normalized spacial score (nSPS) is 15.5. The highest BCUT2D eigenvalue weighted by Gasteiger charge is 2.20. The molecule has 1 amide bonds. The van der Waals surface area contributed by atoms with Crippen LogP contribution in [0.1, 0.15) is 5.56 Å². The van der Waals surface area contributed by atoms with E-state index in [4.69, 9.17) is 18.9 Å². The SMILES string of the molecule is COc1cccc(/C=C/C(=O)NC[C@H]2COc3ccccc3O2)c1OC. The van der Waals surface area contributed by atoms with E-state index < -0.39 is 0 Å². The number of rotatable bonds is 6. The summed E-state index contributed by atoms with van der Waals surface area (Å²) in [5.74, 6) is 2.38. The predicted molar refractivity (Wildman–Crippen MR) is 97.9 cm³/mol. The minimum Gasteiger partial charge on any atom is -0.493 e. The van der Waals surface area contributed by atoms with Gasteiger partial charge in [-0.05, 0) is 24.3 Å². The van der Waals surface area contributed by atoms with Crippen molar-refractivity contribution < 1.29 is 23.7 Å². The van der Waals surface area contributed by atoms with E-state index in [2.05, 4.69) is 5.32 Å². The summed E-state index contributed by atoms with van der Waals surface area (Å²) in [6, 6.07) is 13.0. The summed E-state index contributed by atoms with van der Waals surface area (Å²) in [5, 5.41) is 2.82. The molecule has 0 saturated carbocycles. The molecule has 0 fully saturated rings. The molecule has 0 radical (unpaired) electrons. The van der Waals surface area contributed by atoms with E-state index in [-0.39, 0.29) is 12.0 Å². The van der Waals surface area contributed by atoms with Gasteiger partial charge < -0.3 is 24.3 Å². The van der Waals surface area contributed by atoms with Crippen molar-refractivity contribution in [2.45, 2.75) is 6.10 Å². The smallest absolute Gasteiger partial charge is 0.244 e. The van der Waals surface area contributed by atoms with Gasteiger partial charge in [-0.15, -0.1) is 0 Å². The Balaban J connectivity index is 1.56. The Morgan fingerprint density at radius 3 is 2.73 bits per heavy atom. The van der Waals surface area contributed by atoms with Gasteiger partial charge in [0.25, 0.3) is 0 Å². The fraction of sp³-hybridized carbons (Fsp3) is 0.250. The van der Waals surface area contributed by atoms with Gasteiger partial charge in [-0.25, -0.2) is 0 Å². The number of hydrogen-bond acceptors (Lipinski definition) is 5. The lowest BCUT2D eigenvalue weighted by Gasteiger charge is -2.26. The van der Waals surface area contributed by atoms with Crippen LogP contribution in [-0.2, 0) is 4.79 Å². The molecule has 3 rings (SSSR count). The fourth-order valence-corrected chi connectivity index (χ4v) is 2.65. The van der Waals surface area contributed by atoms with Crippen molar-refractivity contribution in [3.63, 3.8) is 0 Å². The Labute approximate surface area is 152 Å². The molecule has 1 aliphatic rings. The van der Waals surface area contributed by atoms with E-state index in [0.717, 1.165) is 11.3 Å². The third-order valence-electron chi connectivity index (χ3n) is 3.92. The van der Waals surface area contributed by atoms with E-state index >= 15 is 0 Å². The molecule has 136 valence electrons. The van der Waals surface area contributed by atoms with Crippen molar-refractivity contribution in [3.8, 4) is 23.0 Å². The van der Waals surface area contributed by atoms with Gasteiger partial charge in [-0.1, -0.05) is 24.3 Å². The van der Waals surface area contributed by atoms with Gasteiger partial charge >= 0.3 is 0 Å². The van der Waals surface area contributed by atoms with E-state index in [9.17, 15) is 4.79 Å². The van der Waals surface area contributed by atoms with Crippen LogP contribution in [0.2, 0.25) is 0 Å². The average Bonchev–Trinajstić information content (AvgIpc) is 2.70. The Morgan fingerprint density at radius 2 is 1.96 bits per heavy atom. The minimum atomic E-state index is -0.228. The van der Waals surface area contributed by atoms with Gasteiger partial charge in [-0.3, -0.25) is 4.79 Å². The van der Waals surface area contributed by atoms with Crippen molar-refractivity contribution in [1.29, 1.82) is 0 Å². The van der Waals surface area contributed by atoms with Crippen LogP contribution in [0.5, 0.6) is 23.0 Å². The summed E-state index contributed by atoms with van der Waals surface area (Å²) in [6.45, 7) is 0.747. The number of carbonyl (C=O) groups is 1. The van der Waals surface area contributed by atoms with Gasteiger partial charge in [-0.2, -0.15) is 0 Å². The van der Waals surface area contributed by atoms with Gasteiger partial charge in [0.2, 0.25) is 5.91 Å². The second-order valence-electron chi connectivity index (χ2n) is 5.66. The maximum atomic E-state index is 12.1. The number of hydrogen-bond donors (Lipinski definition) is 1.